The molecule has 130 valence electrons. The normalized spacial score (nSPS) is 13.7. The van der Waals surface area contributed by atoms with Crippen LogP contribution in [0.1, 0.15) is 17.3 Å². The lowest BCUT2D eigenvalue weighted by Crippen LogP contribution is -2.36. The largest absolute Gasteiger partial charge is 0.411 e. The standard InChI is InChI=1S/C13H15ClF3NO4S/c1-8(6-22-7-13(15,16)17)18-12(19)9-3-4-10(14)11(5-9)23(2,20)21/h3-5,8H,6-7H2,1-2H3,(H,18,19). The van der Waals surface area contributed by atoms with Crippen LogP contribution in [0, 0.1) is 0 Å². The number of ether oxygens (including phenoxy) is 1. The second kappa shape index (κ2) is 7.50. The maximum Gasteiger partial charge on any atom is 0.411 e. The SMILES string of the molecule is CC(COCC(F)(F)F)NC(=O)c1ccc(Cl)c(S(C)(=O)=O)c1. The van der Waals surface area contributed by atoms with Crippen molar-refractivity contribution in [2.75, 3.05) is 19.5 Å². The molecule has 0 heterocycles. The van der Waals surface area contributed by atoms with Gasteiger partial charge in [-0.05, 0) is 25.1 Å². The predicted molar refractivity (Wildman–Crippen MR) is 78.4 cm³/mol. The van der Waals surface area contributed by atoms with Gasteiger partial charge in [0.05, 0.1) is 16.5 Å². The van der Waals surface area contributed by atoms with Crippen LogP contribution in [-0.2, 0) is 14.6 Å². The summed E-state index contributed by atoms with van der Waals surface area (Å²) in [6.45, 7) is -0.286. The molecule has 0 bridgehead atoms. The highest BCUT2D eigenvalue weighted by molar-refractivity contribution is 7.90. The van der Waals surface area contributed by atoms with E-state index in [0.29, 0.717) is 0 Å². The molecular weight excluding hydrogens is 359 g/mol. The summed E-state index contributed by atoms with van der Waals surface area (Å²) in [6, 6.07) is 2.99. The summed E-state index contributed by atoms with van der Waals surface area (Å²) < 4.78 is 63.4. The lowest BCUT2D eigenvalue weighted by atomic mass is 10.2. The Kier molecular flexibility index (Phi) is 6.43. The van der Waals surface area contributed by atoms with Crippen LogP contribution in [0.4, 0.5) is 13.2 Å². The van der Waals surface area contributed by atoms with Crippen molar-refractivity contribution < 1.29 is 31.1 Å². The van der Waals surface area contributed by atoms with E-state index in [2.05, 4.69) is 10.1 Å². The van der Waals surface area contributed by atoms with Crippen molar-refractivity contribution in [3.8, 4) is 0 Å². The zero-order valence-electron chi connectivity index (χ0n) is 12.3. The van der Waals surface area contributed by atoms with Crippen LogP contribution in [-0.4, -0.2) is 46.0 Å². The van der Waals surface area contributed by atoms with Gasteiger partial charge in [0.1, 0.15) is 6.61 Å². The van der Waals surface area contributed by atoms with E-state index in [4.69, 9.17) is 11.6 Å². The van der Waals surface area contributed by atoms with Crippen LogP contribution in [0.3, 0.4) is 0 Å². The molecule has 23 heavy (non-hydrogen) atoms. The molecule has 1 aromatic rings. The molecule has 1 aromatic carbocycles. The van der Waals surface area contributed by atoms with Gasteiger partial charge >= 0.3 is 6.18 Å². The van der Waals surface area contributed by atoms with Gasteiger partial charge in [-0.1, -0.05) is 11.6 Å². The quantitative estimate of drug-likeness (QED) is 0.831. The van der Waals surface area contributed by atoms with Gasteiger partial charge in [0.25, 0.3) is 5.91 Å². The number of carbonyl (C=O) groups is 1. The molecule has 0 aliphatic rings. The molecule has 0 aromatic heterocycles. The van der Waals surface area contributed by atoms with Crippen LogP contribution in [0.25, 0.3) is 0 Å². The first-order chi connectivity index (χ1) is 10.4. The average molecular weight is 374 g/mol. The van der Waals surface area contributed by atoms with Crippen LogP contribution >= 0.6 is 11.6 Å². The molecule has 0 saturated heterocycles. The number of halogens is 4. The summed E-state index contributed by atoms with van der Waals surface area (Å²) in [6.07, 6.45) is -3.49. The monoisotopic (exact) mass is 373 g/mol. The Labute approximate surface area is 136 Å². The third-order valence-corrected chi connectivity index (χ3v) is 4.18. The van der Waals surface area contributed by atoms with Crippen molar-refractivity contribution in [2.45, 2.75) is 24.0 Å². The first kappa shape index (κ1) is 19.7. The minimum Gasteiger partial charge on any atom is -0.370 e. The number of benzene rings is 1. The van der Waals surface area contributed by atoms with Gasteiger partial charge in [0.2, 0.25) is 0 Å². The van der Waals surface area contributed by atoms with Crippen molar-refractivity contribution in [1.82, 2.24) is 5.32 Å². The van der Waals surface area contributed by atoms with E-state index in [1.165, 1.54) is 19.1 Å². The van der Waals surface area contributed by atoms with Gasteiger partial charge < -0.3 is 10.1 Å². The van der Waals surface area contributed by atoms with E-state index in [9.17, 15) is 26.4 Å². The van der Waals surface area contributed by atoms with Crippen LogP contribution < -0.4 is 5.32 Å². The molecule has 0 radical (unpaired) electrons. The number of hydrogen-bond acceptors (Lipinski definition) is 4. The molecule has 1 N–H and O–H groups in total. The third kappa shape index (κ3) is 6.76. The summed E-state index contributed by atoms with van der Waals surface area (Å²) in [5, 5.41) is 2.39. The zero-order valence-corrected chi connectivity index (χ0v) is 13.8. The molecular formula is C13H15ClF3NO4S. The Hall–Kier alpha value is -1.32. The molecule has 1 amide bonds. The maximum absolute atomic E-state index is 12.0. The Balaban J connectivity index is 2.72. The van der Waals surface area contributed by atoms with Crippen molar-refractivity contribution in [1.29, 1.82) is 0 Å². The fourth-order valence-corrected chi connectivity index (χ4v) is 2.93. The van der Waals surface area contributed by atoms with Gasteiger partial charge in [-0.2, -0.15) is 13.2 Å². The summed E-state index contributed by atoms with van der Waals surface area (Å²) in [5.41, 5.74) is 0.0255. The van der Waals surface area contributed by atoms with Crippen LogP contribution in [0.15, 0.2) is 23.1 Å². The number of hydrogen-bond donors (Lipinski definition) is 1. The molecule has 1 atom stereocenters. The number of amides is 1. The van der Waals surface area contributed by atoms with Gasteiger partial charge in [-0.25, -0.2) is 8.42 Å². The third-order valence-electron chi connectivity index (χ3n) is 2.60. The Morgan fingerprint density at radius 3 is 2.52 bits per heavy atom. The molecule has 0 aliphatic heterocycles. The van der Waals surface area contributed by atoms with Gasteiger partial charge in [-0.3, -0.25) is 4.79 Å². The van der Waals surface area contributed by atoms with E-state index in [1.54, 1.807) is 0 Å². The van der Waals surface area contributed by atoms with Crippen LogP contribution in [0.2, 0.25) is 5.02 Å². The summed E-state index contributed by atoms with van der Waals surface area (Å²) >= 11 is 5.77. The van der Waals surface area contributed by atoms with Gasteiger partial charge in [0, 0.05) is 17.9 Å². The fraction of sp³-hybridized carbons (Fsp3) is 0.462. The van der Waals surface area contributed by atoms with E-state index in [-0.39, 0.29) is 22.1 Å². The molecule has 1 rings (SSSR count). The number of sulfone groups is 1. The zero-order chi connectivity index (χ0) is 17.8. The Bertz CT molecular complexity index is 676. The average Bonchev–Trinajstić information content (AvgIpc) is 2.35. The van der Waals surface area contributed by atoms with Gasteiger partial charge in [-0.15, -0.1) is 0 Å². The molecule has 0 spiro atoms. The van der Waals surface area contributed by atoms with E-state index < -0.39 is 34.6 Å². The first-order valence-electron chi connectivity index (χ1n) is 6.35. The van der Waals surface area contributed by atoms with E-state index in [0.717, 1.165) is 12.3 Å². The van der Waals surface area contributed by atoms with Crippen molar-refractivity contribution in [3.05, 3.63) is 28.8 Å². The predicted octanol–water partition coefficient (Wildman–Crippen LogP) is 2.44. The smallest absolute Gasteiger partial charge is 0.370 e. The number of alkyl halides is 3. The summed E-state index contributed by atoms with van der Waals surface area (Å²) in [5.74, 6) is -0.644. The first-order valence-corrected chi connectivity index (χ1v) is 8.62. The Morgan fingerprint density at radius 2 is 2.00 bits per heavy atom. The topological polar surface area (TPSA) is 72.5 Å². The molecule has 0 saturated carbocycles. The molecule has 0 aliphatic carbocycles. The molecule has 0 fully saturated rings. The lowest BCUT2D eigenvalue weighted by molar-refractivity contribution is -0.174. The highest BCUT2D eigenvalue weighted by Crippen LogP contribution is 2.22. The molecule has 1 unspecified atom stereocenters. The van der Waals surface area contributed by atoms with Gasteiger partial charge in [0.15, 0.2) is 9.84 Å². The van der Waals surface area contributed by atoms with Crippen molar-refractivity contribution >= 4 is 27.3 Å². The fourth-order valence-electron chi connectivity index (χ4n) is 1.63. The van der Waals surface area contributed by atoms with Crippen molar-refractivity contribution in [3.63, 3.8) is 0 Å². The maximum atomic E-state index is 12.0. The second-order valence-corrected chi connectivity index (χ2v) is 7.31. The number of rotatable bonds is 6. The summed E-state index contributed by atoms with van der Waals surface area (Å²) in [4.78, 5) is 11.8. The molecule has 10 heteroatoms. The van der Waals surface area contributed by atoms with E-state index >= 15 is 0 Å². The second-order valence-electron chi connectivity index (χ2n) is 4.92. The van der Waals surface area contributed by atoms with Crippen molar-refractivity contribution in [2.24, 2.45) is 0 Å². The lowest BCUT2D eigenvalue weighted by Gasteiger charge is -2.15. The minimum absolute atomic E-state index is 0.0226. The minimum atomic E-state index is -4.44. The molecule has 5 nitrogen and oxygen atoms in total. The highest BCUT2D eigenvalue weighted by Gasteiger charge is 2.27. The van der Waals surface area contributed by atoms with E-state index in [1.807, 2.05) is 0 Å². The number of nitrogens with one attached hydrogen (secondary N) is 1. The Morgan fingerprint density at radius 1 is 1.39 bits per heavy atom. The summed E-state index contributed by atoms with van der Waals surface area (Å²) in [7, 11) is -3.61. The van der Waals surface area contributed by atoms with Crippen LogP contribution in [0.5, 0.6) is 0 Å². The number of carbonyl (C=O) groups excluding carboxylic acids is 1. The highest BCUT2D eigenvalue weighted by atomic mass is 35.5.